The molecule has 1 amide bonds. The first-order valence-corrected chi connectivity index (χ1v) is 7.22. The molecule has 0 fully saturated rings. The second-order valence-corrected chi connectivity index (χ2v) is 4.98. The Balaban J connectivity index is 0.00000361. The zero-order chi connectivity index (χ0) is 14.1. The normalized spacial score (nSPS) is 13.2. The highest BCUT2D eigenvalue weighted by Gasteiger charge is 2.14. The van der Waals surface area contributed by atoms with Crippen LogP contribution in [0.15, 0.2) is 30.3 Å². The van der Waals surface area contributed by atoms with Crippen molar-refractivity contribution >= 4 is 18.3 Å². The molecule has 0 spiro atoms. The van der Waals surface area contributed by atoms with Crippen molar-refractivity contribution in [1.29, 1.82) is 0 Å². The van der Waals surface area contributed by atoms with E-state index in [0.29, 0.717) is 24.9 Å². The Morgan fingerprint density at radius 1 is 1.20 bits per heavy atom. The Labute approximate surface area is 128 Å². The van der Waals surface area contributed by atoms with Crippen LogP contribution in [0.5, 0.6) is 0 Å². The van der Waals surface area contributed by atoms with Gasteiger partial charge in [0.15, 0.2) is 0 Å². The van der Waals surface area contributed by atoms with E-state index in [9.17, 15) is 4.79 Å². The van der Waals surface area contributed by atoms with Gasteiger partial charge in [-0.25, -0.2) is 0 Å². The molecule has 4 heteroatoms. The van der Waals surface area contributed by atoms with Gasteiger partial charge in [-0.05, 0) is 31.4 Å². The summed E-state index contributed by atoms with van der Waals surface area (Å²) in [6.07, 6.45) is 1.56. The molecule has 0 saturated heterocycles. The van der Waals surface area contributed by atoms with Gasteiger partial charge in [0.2, 0.25) is 5.91 Å². The number of carbonyl (C=O) groups excluding carboxylic acids is 1. The van der Waals surface area contributed by atoms with Crippen molar-refractivity contribution in [2.75, 3.05) is 13.1 Å². The number of halogens is 1. The zero-order valence-electron chi connectivity index (χ0n) is 12.7. The van der Waals surface area contributed by atoms with E-state index in [2.05, 4.69) is 43.5 Å². The molecule has 1 rings (SSSR count). The fourth-order valence-corrected chi connectivity index (χ4v) is 2.21. The molecule has 1 unspecified atom stereocenters. The molecule has 0 heterocycles. The molecular weight excluding hydrogens is 272 g/mol. The summed E-state index contributed by atoms with van der Waals surface area (Å²) in [5, 5.41) is 6.29. The Kier molecular flexibility index (Phi) is 10.1. The number of carbonyl (C=O) groups is 1. The summed E-state index contributed by atoms with van der Waals surface area (Å²) in [4.78, 5) is 12.0. The minimum absolute atomic E-state index is 0. The van der Waals surface area contributed by atoms with Crippen LogP contribution in [-0.4, -0.2) is 25.0 Å². The number of nitrogens with one attached hydrogen (secondary N) is 2. The van der Waals surface area contributed by atoms with Gasteiger partial charge in [-0.15, -0.1) is 12.4 Å². The zero-order valence-corrected chi connectivity index (χ0v) is 13.5. The van der Waals surface area contributed by atoms with Crippen LogP contribution < -0.4 is 10.6 Å². The van der Waals surface area contributed by atoms with Crippen molar-refractivity contribution in [3.63, 3.8) is 0 Å². The summed E-state index contributed by atoms with van der Waals surface area (Å²) in [7, 11) is 0. The average molecular weight is 299 g/mol. The van der Waals surface area contributed by atoms with E-state index >= 15 is 0 Å². The molecule has 0 aromatic heterocycles. The SMILES string of the molecule is CCN[C@H](C)CNC(=O)CC(CC)c1ccccc1.Cl. The van der Waals surface area contributed by atoms with Gasteiger partial charge in [0, 0.05) is 19.0 Å². The van der Waals surface area contributed by atoms with Gasteiger partial charge in [-0.3, -0.25) is 4.79 Å². The van der Waals surface area contributed by atoms with Crippen LogP contribution in [-0.2, 0) is 4.79 Å². The quantitative estimate of drug-likeness (QED) is 0.774. The monoisotopic (exact) mass is 298 g/mol. The summed E-state index contributed by atoms with van der Waals surface area (Å²) >= 11 is 0. The number of hydrogen-bond donors (Lipinski definition) is 2. The fourth-order valence-electron chi connectivity index (χ4n) is 2.21. The van der Waals surface area contributed by atoms with Crippen molar-refractivity contribution in [3.05, 3.63) is 35.9 Å². The molecule has 20 heavy (non-hydrogen) atoms. The molecule has 2 N–H and O–H groups in total. The van der Waals surface area contributed by atoms with Crippen molar-refractivity contribution in [1.82, 2.24) is 10.6 Å². The van der Waals surface area contributed by atoms with Crippen molar-refractivity contribution in [2.24, 2.45) is 0 Å². The number of benzene rings is 1. The maximum Gasteiger partial charge on any atom is 0.220 e. The van der Waals surface area contributed by atoms with E-state index in [4.69, 9.17) is 0 Å². The third-order valence-corrected chi connectivity index (χ3v) is 3.35. The summed E-state index contributed by atoms with van der Waals surface area (Å²) < 4.78 is 0. The summed E-state index contributed by atoms with van der Waals surface area (Å²) in [6.45, 7) is 7.90. The van der Waals surface area contributed by atoms with E-state index in [0.717, 1.165) is 13.0 Å². The lowest BCUT2D eigenvalue weighted by Crippen LogP contribution is -2.39. The van der Waals surface area contributed by atoms with Crippen LogP contribution in [0.3, 0.4) is 0 Å². The van der Waals surface area contributed by atoms with Gasteiger partial charge < -0.3 is 10.6 Å². The number of likely N-dealkylation sites (N-methyl/N-ethyl adjacent to an activating group) is 1. The molecule has 3 nitrogen and oxygen atoms in total. The van der Waals surface area contributed by atoms with Gasteiger partial charge in [0.05, 0.1) is 0 Å². The first-order valence-electron chi connectivity index (χ1n) is 7.22. The summed E-state index contributed by atoms with van der Waals surface area (Å²) in [5.41, 5.74) is 1.25. The average Bonchev–Trinajstić information content (AvgIpc) is 2.44. The van der Waals surface area contributed by atoms with E-state index in [1.165, 1.54) is 5.56 Å². The van der Waals surface area contributed by atoms with Gasteiger partial charge in [0.1, 0.15) is 0 Å². The molecule has 1 aromatic rings. The molecule has 0 aliphatic heterocycles. The highest BCUT2D eigenvalue weighted by molar-refractivity contribution is 5.85. The maximum atomic E-state index is 12.0. The van der Waals surface area contributed by atoms with Crippen LogP contribution in [0, 0.1) is 0 Å². The molecule has 114 valence electrons. The second-order valence-electron chi connectivity index (χ2n) is 4.98. The molecule has 2 atom stereocenters. The predicted octanol–water partition coefficient (Wildman–Crippen LogP) is 3.11. The Bertz CT molecular complexity index is 370. The number of hydrogen-bond acceptors (Lipinski definition) is 2. The van der Waals surface area contributed by atoms with Gasteiger partial charge >= 0.3 is 0 Å². The standard InChI is InChI=1S/C16H26N2O.ClH/c1-4-14(15-9-7-6-8-10-15)11-16(19)18-12-13(3)17-5-2;/h6-10,13-14,17H,4-5,11-12H2,1-3H3,(H,18,19);1H/t13-,14?;/m1./s1. The van der Waals surface area contributed by atoms with Crippen LogP contribution >= 0.6 is 12.4 Å². The molecule has 1 aromatic carbocycles. The highest BCUT2D eigenvalue weighted by Crippen LogP contribution is 2.22. The molecule has 0 aliphatic rings. The van der Waals surface area contributed by atoms with E-state index < -0.39 is 0 Å². The molecular formula is C16H27ClN2O. The fraction of sp³-hybridized carbons (Fsp3) is 0.562. The van der Waals surface area contributed by atoms with Crippen molar-refractivity contribution < 1.29 is 4.79 Å². The van der Waals surface area contributed by atoms with Crippen LogP contribution in [0.4, 0.5) is 0 Å². The van der Waals surface area contributed by atoms with Crippen LogP contribution in [0.1, 0.15) is 45.1 Å². The van der Waals surface area contributed by atoms with Crippen LogP contribution in [0.25, 0.3) is 0 Å². The number of rotatable bonds is 8. The van der Waals surface area contributed by atoms with Gasteiger partial charge in [0.25, 0.3) is 0 Å². The number of amides is 1. The third kappa shape index (κ3) is 6.92. The third-order valence-electron chi connectivity index (χ3n) is 3.35. The predicted molar refractivity (Wildman–Crippen MR) is 87.5 cm³/mol. The van der Waals surface area contributed by atoms with Crippen molar-refractivity contribution in [3.8, 4) is 0 Å². The largest absolute Gasteiger partial charge is 0.355 e. The maximum absolute atomic E-state index is 12.0. The summed E-state index contributed by atoms with van der Waals surface area (Å²) in [6, 6.07) is 10.6. The van der Waals surface area contributed by atoms with Gasteiger partial charge in [-0.2, -0.15) is 0 Å². The van der Waals surface area contributed by atoms with Crippen LogP contribution in [0.2, 0.25) is 0 Å². The lowest BCUT2D eigenvalue weighted by molar-refractivity contribution is -0.121. The first kappa shape index (κ1) is 18.9. The molecule has 0 radical (unpaired) electrons. The molecule has 0 saturated carbocycles. The lowest BCUT2D eigenvalue weighted by Gasteiger charge is -2.17. The lowest BCUT2D eigenvalue weighted by atomic mass is 9.93. The topological polar surface area (TPSA) is 41.1 Å². The van der Waals surface area contributed by atoms with E-state index in [-0.39, 0.29) is 18.3 Å². The first-order chi connectivity index (χ1) is 9.17. The summed E-state index contributed by atoms with van der Waals surface area (Å²) in [5.74, 6) is 0.455. The van der Waals surface area contributed by atoms with Crippen molar-refractivity contribution in [2.45, 2.75) is 45.6 Å². The Morgan fingerprint density at radius 3 is 2.40 bits per heavy atom. The highest BCUT2D eigenvalue weighted by atomic mass is 35.5. The van der Waals surface area contributed by atoms with E-state index in [1.807, 2.05) is 18.2 Å². The Hall–Kier alpha value is -1.06. The molecule has 0 aliphatic carbocycles. The molecule has 0 bridgehead atoms. The minimum Gasteiger partial charge on any atom is -0.355 e. The Morgan fingerprint density at radius 2 is 1.85 bits per heavy atom. The smallest absolute Gasteiger partial charge is 0.220 e. The minimum atomic E-state index is 0. The van der Waals surface area contributed by atoms with E-state index in [1.54, 1.807) is 0 Å². The van der Waals surface area contributed by atoms with Gasteiger partial charge in [-0.1, -0.05) is 44.2 Å². The second kappa shape index (κ2) is 10.7.